The van der Waals surface area contributed by atoms with Gasteiger partial charge in [0.1, 0.15) is 0 Å². The lowest BCUT2D eigenvalue weighted by molar-refractivity contribution is -0.142. The molecule has 0 spiro atoms. The summed E-state index contributed by atoms with van der Waals surface area (Å²) in [7, 11) is 0. The first-order chi connectivity index (χ1) is 13.1. The Balaban J connectivity index is 1.54. The highest BCUT2D eigenvalue weighted by Crippen LogP contribution is 2.30. The highest BCUT2D eigenvalue weighted by atomic mass is 16.5. The predicted octanol–water partition coefficient (Wildman–Crippen LogP) is 2.50. The fraction of sp³-hybridized carbons (Fsp3) is 0.619. The lowest BCUT2D eigenvalue weighted by Crippen LogP contribution is -2.52. The summed E-state index contributed by atoms with van der Waals surface area (Å²) >= 11 is 0. The molecule has 0 unspecified atom stereocenters. The molecule has 2 heterocycles. The lowest BCUT2D eigenvalue weighted by Gasteiger charge is -2.36. The molecule has 6 nitrogen and oxygen atoms in total. The fourth-order valence-electron chi connectivity index (χ4n) is 3.68. The van der Waals surface area contributed by atoms with E-state index in [1.54, 1.807) is 0 Å². The van der Waals surface area contributed by atoms with Gasteiger partial charge in [0.15, 0.2) is 11.5 Å². The first-order valence-electron chi connectivity index (χ1n) is 10.1. The highest BCUT2D eigenvalue weighted by molar-refractivity contribution is 5.81. The summed E-state index contributed by atoms with van der Waals surface area (Å²) in [5, 5.41) is 0. The number of amides is 2. The maximum atomic E-state index is 12.7. The van der Waals surface area contributed by atoms with Crippen LogP contribution in [0.15, 0.2) is 18.2 Å². The predicted molar refractivity (Wildman–Crippen MR) is 103 cm³/mol. The minimum Gasteiger partial charge on any atom is -0.490 e. The van der Waals surface area contributed by atoms with Crippen molar-refractivity contribution in [1.82, 2.24) is 9.80 Å². The lowest BCUT2D eigenvalue weighted by atomic mass is 10.0. The number of carbonyl (C=O) groups excluding carboxylic acids is 2. The van der Waals surface area contributed by atoms with Crippen LogP contribution in [0.1, 0.15) is 38.7 Å². The Bertz CT molecular complexity index is 664. The monoisotopic (exact) mass is 374 g/mol. The zero-order chi connectivity index (χ0) is 19.2. The molecular formula is C21H30N2O4. The first-order valence-corrected chi connectivity index (χ1v) is 10.1. The maximum absolute atomic E-state index is 12.7. The van der Waals surface area contributed by atoms with Gasteiger partial charge in [-0.2, -0.15) is 0 Å². The van der Waals surface area contributed by atoms with Crippen molar-refractivity contribution in [1.29, 1.82) is 0 Å². The zero-order valence-electron chi connectivity index (χ0n) is 16.4. The van der Waals surface area contributed by atoms with Crippen LogP contribution in [0, 0.1) is 5.92 Å². The number of ether oxygens (including phenoxy) is 2. The van der Waals surface area contributed by atoms with Crippen LogP contribution in [-0.4, -0.2) is 61.0 Å². The molecular weight excluding hydrogens is 344 g/mol. The van der Waals surface area contributed by atoms with Crippen molar-refractivity contribution in [3.63, 3.8) is 0 Å². The average Bonchev–Trinajstić information content (AvgIpc) is 2.94. The Labute approximate surface area is 161 Å². The molecule has 1 fully saturated rings. The van der Waals surface area contributed by atoms with Crippen LogP contribution in [0.25, 0.3) is 0 Å². The molecule has 2 aliphatic rings. The van der Waals surface area contributed by atoms with Gasteiger partial charge in [-0.15, -0.1) is 0 Å². The van der Waals surface area contributed by atoms with Crippen LogP contribution in [0.5, 0.6) is 11.5 Å². The van der Waals surface area contributed by atoms with Gasteiger partial charge < -0.3 is 19.3 Å². The second-order valence-corrected chi connectivity index (χ2v) is 7.23. The minimum absolute atomic E-state index is 0.0964. The second-order valence-electron chi connectivity index (χ2n) is 7.23. The van der Waals surface area contributed by atoms with Crippen molar-refractivity contribution in [3.05, 3.63) is 23.8 Å². The van der Waals surface area contributed by atoms with Crippen molar-refractivity contribution >= 4 is 11.8 Å². The minimum atomic E-state index is 0.0964. The second kappa shape index (κ2) is 9.11. The van der Waals surface area contributed by atoms with E-state index in [9.17, 15) is 9.59 Å². The van der Waals surface area contributed by atoms with Crippen LogP contribution in [0.3, 0.4) is 0 Å². The number of nitrogens with zero attached hydrogens (tertiary/aromatic N) is 2. The molecule has 27 heavy (non-hydrogen) atoms. The van der Waals surface area contributed by atoms with Gasteiger partial charge in [0.25, 0.3) is 0 Å². The van der Waals surface area contributed by atoms with E-state index in [-0.39, 0.29) is 17.7 Å². The molecule has 0 atom stereocenters. The molecule has 2 aliphatic heterocycles. The number of hydrogen-bond donors (Lipinski definition) is 0. The number of fused-ring (bicyclic) bond motifs is 1. The fourth-order valence-corrected chi connectivity index (χ4v) is 3.68. The van der Waals surface area contributed by atoms with Gasteiger partial charge in [0.2, 0.25) is 11.8 Å². The van der Waals surface area contributed by atoms with Gasteiger partial charge in [0.05, 0.1) is 19.6 Å². The number of hydrogen-bond acceptors (Lipinski definition) is 4. The van der Waals surface area contributed by atoms with Crippen LogP contribution in [0.2, 0.25) is 0 Å². The van der Waals surface area contributed by atoms with E-state index in [0.29, 0.717) is 45.8 Å². The third-order valence-corrected chi connectivity index (χ3v) is 5.45. The molecule has 1 aromatic rings. The molecule has 6 heteroatoms. The van der Waals surface area contributed by atoms with Gasteiger partial charge >= 0.3 is 0 Å². The van der Waals surface area contributed by atoms with Crippen LogP contribution < -0.4 is 9.47 Å². The Hall–Kier alpha value is -2.24. The molecule has 148 valence electrons. The SMILES string of the molecule is CCC(CC)C(=O)N1CCN(C(=O)Cc2ccc3c(c2)OCCCO3)CC1. The number of carbonyl (C=O) groups is 2. The molecule has 1 saturated heterocycles. The molecule has 0 bridgehead atoms. The summed E-state index contributed by atoms with van der Waals surface area (Å²) in [4.78, 5) is 28.9. The average molecular weight is 374 g/mol. The Morgan fingerprint density at radius 2 is 1.59 bits per heavy atom. The Morgan fingerprint density at radius 1 is 0.963 bits per heavy atom. The largest absolute Gasteiger partial charge is 0.490 e. The molecule has 3 rings (SSSR count). The van der Waals surface area contributed by atoms with E-state index in [1.807, 2.05) is 28.0 Å². The van der Waals surface area contributed by atoms with Crippen molar-refractivity contribution in [2.75, 3.05) is 39.4 Å². The van der Waals surface area contributed by atoms with E-state index < -0.39 is 0 Å². The zero-order valence-corrected chi connectivity index (χ0v) is 16.4. The third kappa shape index (κ3) is 4.73. The molecule has 2 amide bonds. The van der Waals surface area contributed by atoms with Gasteiger partial charge in [-0.25, -0.2) is 0 Å². The molecule has 0 N–H and O–H groups in total. The van der Waals surface area contributed by atoms with Crippen LogP contribution in [0.4, 0.5) is 0 Å². The molecule has 0 radical (unpaired) electrons. The van der Waals surface area contributed by atoms with Crippen molar-refractivity contribution < 1.29 is 19.1 Å². The smallest absolute Gasteiger partial charge is 0.227 e. The van der Waals surface area contributed by atoms with E-state index in [2.05, 4.69) is 13.8 Å². The molecule has 0 aliphatic carbocycles. The normalized spacial score (nSPS) is 17.0. The summed E-state index contributed by atoms with van der Waals surface area (Å²) in [6.07, 6.45) is 2.96. The van der Waals surface area contributed by atoms with Crippen molar-refractivity contribution in [2.24, 2.45) is 5.92 Å². The van der Waals surface area contributed by atoms with E-state index in [1.165, 1.54) is 0 Å². The molecule has 1 aromatic carbocycles. The topological polar surface area (TPSA) is 59.1 Å². The summed E-state index contributed by atoms with van der Waals surface area (Å²) < 4.78 is 11.3. The molecule has 0 aromatic heterocycles. The van der Waals surface area contributed by atoms with E-state index in [4.69, 9.17) is 9.47 Å². The number of benzene rings is 1. The molecule has 0 saturated carbocycles. The summed E-state index contributed by atoms with van der Waals surface area (Å²) in [6.45, 7) is 7.87. The third-order valence-electron chi connectivity index (χ3n) is 5.45. The van der Waals surface area contributed by atoms with Crippen LogP contribution in [-0.2, 0) is 16.0 Å². The Morgan fingerprint density at radius 3 is 2.26 bits per heavy atom. The quantitative estimate of drug-likeness (QED) is 0.795. The van der Waals surface area contributed by atoms with E-state index in [0.717, 1.165) is 36.3 Å². The Kier molecular flexibility index (Phi) is 6.58. The van der Waals surface area contributed by atoms with Crippen molar-refractivity contribution in [3.8, 4) is 11.5 Å². The summed E-state index contributed by atoms with van der Waals surface area (Å²) in [5.74, 6) is 1.90. The van der Waals surface area contributed by atoms with Gasteiger partial charge in [-0.05, 0) is 30.5 Å². The standard InChI is InChI=1S/C21H30N2O4/c1-3-17(4-2)21(25)23-10-8-22(9-11-23)20(24)15-16-6-7-18-19(14-16)27-13-5-12-26-18/h6-7,14,17H,3-5,8-13,15H2,1-2H3. The maximum Gasteiger partial charge on any atom is 0.227 e. The van der Waals surface area contributed by atoms with Gasteiger partial charge in [-0.3, -0.25) is 9.59 Å². The van der Waals surface area contributed by atoms with Crippen LogP contribution >= 0.6 is 0 Å². The van der Waals surface area contributed by atoms with Gasteiger partial charge in [-0.1, -0.05) is 19.9 Å². The van der Waals surface area contributed by atoms with Crippen molar-refractivity contribution in [2.45, 2.75) is 39.5 Å². The number of rotatable bonds is 5. The number of piperazine rings is 1. The van der Waals surface area contributed by atoms with E-state index >= 15 is 0 Å². The highest BCUT2D eigenvalue weighted by Gasteiger charge is 2.27. The first kappa shape index (κ1) is 19.5. The van der Waals surface area contributed by atoms with Gasteiger partial charge in [0, 0.05) is 38.5 Å². The summed E-state index contributed by atoms with van der Waals surface area (Å²) in [5.41, 5.74) is 0.930. The summed E-state index contributed by atoms with van der Waals surface area (Å²) in [6, 6.07) is 5.72.